The van der Waals surface area contributed by atoms with Gasteiger partial charge in [-0.1, -0.05) is 49.1 Å². The van der Waals surface area contributed by atoms with E-state index in [4.69, 9.17) is 4.74 Å². The molecule has 0 fully saturated rings. The third kappa shape index (κ3) is 5.65. The van der Waals surface area contributed by atoms with Crippen molar-refractivity contribution in [1.82, 2.24) is 0 Å². The van der Waals surface area contributed by atoms with Crippen molar-refractivity contribution in [3.8, 4) is 0 Å². The van der Waals surface area contributed by atoms with Crippen molar-refractivity contribution < 1.29 is 9.53 Å². The first-order valence-corrected chi connectivity index (χ1v) is 6.79. The summed E-state index contributed by atoms with van der Waals surface area (Å²) in [5, 5.41) is 1.24. The van der Waals surface area contributed by atoms with E-state index in [1.165, 1.54) is 10.9 Å². The first kappa shape index (κ1) is 13.9. The molecule has 1 aromatic rings. The summed E-state index contributed by atoms with van der Waals surface area (Å²) in [5.74, 6) is 1.26. The van der Waals surface area contributed by atoms with E-state index in [2.05, 4.69) is 30.9 Å². The summed E-state index contributed by atoms with van der Waals surface area (Å²) in [4.78, 5) is 11.2. The van der Waals surface area contributed by atoms with Gasteiger partial charge in [0.05, 0.1) is 5.57 Å². The highest BCUT2D eigenvalue weighted by Crippen LogP contribution is 2.11. The number of thiocarbonyl (C=S) groups is 1. The Labute approximate surface area is 111 Å². The van der Waals surface area contributed by atoms with Crippen LogP contribution < -0.4 is 0 Å². The van der Waals surface area contributed by atoms with Crippen LogP contribution in [0.4, 0.5) is 0 Å². The van der Waals surface area contributed by atoms with Crippen molar-refractivity contribution >= 4 is 35.3 Å². The highest BCUT2D eigenvalue weighted by atomic mass is 32.2. The molecule has 0 aliphatic rings. The summed E-state index contributed by atoms with van der Waals surface area (Å²) in [6.07, 6.45) is 0. The first-order valence-electron chi connectivity index (χ1n) is 5.17. The van der Waals surface area contributed by atoms with Crippen molar-refractivity contribution in [1.29, 1.82) is 0 Å². The molecular formula is C13H14O2S2. The normalized spacial score (nSPS) is 9.65. The number of hydrogen-bond acceptors (Lipinski definition) is 4. The summed E-state index contributed by atoms with van der Waals surface area (Å²) in [7, 11) is 0. The van der Waals surface area contributed by atoms with E-state index >= 15 is 0 Å². The Hall–Kier alpha value is -1.13. The first-order chi connectivity index (χ1) is 8.24. The summed E-state index contributed by atoms with van der Waals surface area (Å²) in [6, 6.07) is 10.2. The number of rotatable bonds is 7. The SMILES string of the molecule is C=C(C=S)C(=O)OCCSCc1ccccc1. The molecule has 0 saturated heterocycles. The molecule has 0 bridgehead atoms. The Morgan fingerprint density at radius 2 is 2.12 bits per heavy atom. The largest absolute Gasteiger partial charge is 0.461 e. The van der Waals surface area contributed by atoms with E-state index in [9.17, 15) is 4.79 Å². The van der Waals surface area contributed by atoms with Crippen molar-refractivity contribution in [2.24, 2.45) is 0 Å². The fourth-order valence-corrected chi connectivity index (χ4v) is 1.97. The van der Waals surface area contributed by atoms with Gasteiger partial charge in [0, 0.05) is 16.9 Å². The van der Waals surface area contributed by atoms with Gasteiger partial charge in [0.15, 0.2) is 0 Å². The van der Waals surface area contributed by atoms with Gasteiger partial charge in [-0.25, -0.2) is 4.79 Å². The zero-order valence-corrected chi connectivity index (χ0v) is 11.1. The maximum Gasteiger partial charge on any atom is 0.338 e. The van der Waals surface area contributed by atoms with Crippen LogP contribution in [-0.4, -0.2) is 23.7 Å². The van der Waals surface area contributed by atoms with Crippen molar-refractivity contribution in [2.75, 3.05) is 12.4 Å². The fourth-order valence-electron chi connectivity index (χ4n) is 1.10. The third-order valence-electron chi connectivity index (χ3n) is 1.98. The zero-order valence-electron chi connectivity index (χ0n) is 9.43. The smallest absolute Gasteiger partial charge is 0.338 e. The number of thioether (sulfide) groups is 1. The maximum absolute atomic E-state index is 11.2. The molecule has 0 aromatic heterocycles. The second-order valence-electron chi connectivity index (χ2n) is 3.32. The molecule has 0 spiro atoms. The average molecular weight is 266 g/mol. The Kier molecular flexibility index (Phi) is 6.58. The third-order valence-corrected chi connectivity index (χ3v) is 3.25. The van der Waals surface area contributed by atoms with Crippen LogP contribution in [-0.2, 0) is 15.3 Å². The Balaban J connectivity index is 2.11. The number of carbonyl (C=O) groups excluding carboxylic acids is 1. The highest BCUT2D eigenvalue weighted by Gasteiger charge is 2.04. The minimum absolute atomic E-state index is 0.230. The lowest BCUT2D eigenvalue weighted by Gasteiger charge is -2.04. The van der Waals surface area contributed by atoms with Gasteiger partial charge in [-0.3, -0.25) is 0 Å². The van der Waals surface area contributed by atoms with Crippen LogP contribution in [0, 0.1) is 0 Å². The van der Waals surface area contributed by atoms with E-state index in [0.29, 0.717) is 6.61 Å². The highest BCUT2D eigenvalue weighted by molar-refractivity contribution is 7.98. The number of carbonyl (C=O) groups is 1. The molecule has 0 radical (unpaired) electrons. The molecule has 1 rings (SSSR count). The summed E-state index contributed by atoms with van der Waals surface area (Å²) < 4.78 is 4.98. The van der Waals surface area contributed by atoms with Crippen molar-refractivity contribution in [3.63, 3.8) is 0 Å². The number of esters is 1. The second kappa shape index (κ2) is 8.03. The molecule has 0 heterocycles. The van der Waals surface area contributed by atoms with E-state index in [1.807, 2.05) is 18.2 Å². The van der Waals surface area contributed by atoms with Gasteiger partial charge in [-0.05, 0) is 5.56 Å². The minimum atomic E-state index is -0.430. The van der Waals surface area contributed by atoms with Gasteiger partial charge in [0.2, 0.25) is 0 Å². The molecular weight excluding hydrogens is 252 g/mol. The van der Waals surface area contributed by atoms with E-state index < -0.39 is 5.97 Å². The topological polar surface area (TPSA) is 26.3 Å². The van der Waals surface area contributed by atoms with Crippen LogP contribution in [0.1, 0.15) is 5.56 Å². The Bertz CT molecular complexity index is 388. The van der Waals surface area contributed by atoms with E-state index in [-0.39, 0.29) is 5.57 Å². The lowest BCUT2D eigenvalue weighted by Crippen LogP contribution is -2.09. The average Bonchev–Trinajstić information content (AvgIpc) is 2.38. The molecule has 0 N–H and O–H groups in total. The van der Waals surface area contributed by atoms with Gasteiger partial charge >= 0.3 is 5.97 Å². The number of hydrogen-bond donors (Lipinski definition) is 0. The fraction of sp³-hybridized carbons (Fsp3) is 0.231. The summed E-state index contributed by atoms with van der Waals surface area (Å²) in [5.41, 5.74) is 1.50. The lowest BCUT2D eigenvalue weighted by atomic mass is 10.2. The molecule has 0 atom stereocenters. The number of ether oxygens (including phenoxy) is 1. The monoisotopic (exact) mass is 266 g/mol. The Morgan fingerprint density at radius 1 is 1.41 bits per heavy atom. The van der Waals surface area contributed by atoms with Gasteiger partial charge in [-0.2, -0.15) is 11.8 Å². The molecule has 2 nitrogen and oxygen atoms in total. The summed E-state index contributed by atoms with van der Waals surface area (Å²) >= 11 is 6.31. The van der Waals surface area contributed by atoms with E-state index in [0.717, 1.165) is 11.5 Å². The van der Waals surface area contributed by atoms with Gasteiger partial charge < -0.3 is 4.74 Å². The van der Waals surface area contributed by atoms with Crippen LogP contribution in [0.2, 0.25) is 0 Å². The van der Waals surface area contributed by atoms with Crippen LogP contribution in [0.25, 0.3) is 0 Å². The second-order valence-corrected chi connectivity index (χ2v) is 4.66. The molecule has 0 unspecified atom stereocenters. The molecule has 0 saturated carbocycles. The molecule has 90 valence electrons. The number of benzene rings is 1. The van der Waals surface area contributed by atoms with Gasteiger partial charge in [0.1, 0.15) is 6.61 Å². The summed E-state index contributed by atoms with van der Waals surface area (Å²) in [6.45, 7) is 3.87. The van der Waals surface area contributed by atoms with Crippen LogP contribution in [0.3, 0.4) is 0 Å². The standard InChI is InChI=1S/C13H14O2S2/c1-11(9-16)13(14)15-7-8-17-10-12-5-3-2-4-6-12/h2-6,9H,1,7-8,10H2. The molecule has 4 heteroatoms. The quantitative estimate of drug-likeness (QED) is 0.328. The minimum Gasteiger partial charge on any atom is -0.461 e. The van der Waals surface area contributed by atoms with Gasteiger partial charge in [-0.15, -0.1) is 0 Å². The molecule has 1 aromatic carbocycles. The van der Waals surface area contributed by atoms with Crippen LogP contribution in [0.5, 0.6) is 0 Å². The Morgan fingerprint density at radius 3 is 2.76 bits per heavy atom. The maximum atomic E-state index is 11.2. The predicted octanol–water partition coefficient (Wildman–Crippen LogP) is 3.02. The molecule has 0 amide bonds. The van der Waals surface area contributed by atoms with E-state index in [1.54, 1.807) is 11.8 Å². The van der Waals surface area contributed by atoms with Crippen LogP contribution >= 0.6 is 24.0 Å². The lowest BCUT2D eigenvalue weighted by molar-refractivity contribution is -0.137. The predicted molar refractivity (Wildman–Crippen MR) is 76.4 cm³/mol. The van der Waals surface area contributed by atoms with Crippen LogP contribution in [0.15, 0.2) is 42.5 Å². The van der Waals surface area contributed by atoms with Crippen molar-refractivity contribution in [2.45, 2.75) is 5.75 Å². The zero-order chi connectivity index (χ0) is 12.5. The molecule has 0 aliphatic carbocycles. The molecule has 17 heavy (non-hydrogen) atoms. The van der Waals surface area contributed by atoms with Gasteiger partial charge in [0.25, 0.3) is 0 Å². The van der Waals surface area contributed by atoms with Crippen molar-refractivity contribution in [3.05, 3.63) is 48.0 Å². The molecule has 0 aliphatic heterocycles.